The van der Waals surface area contributed by atoms with Gasteiger partial charge in [-0.25, -0.2) is 0 Å². The van der Waals surface area contributed by atoms with E-state index in [1.807, 2.05) is 0 Å². The summed E-state index contributed by atoms with van der Waals surface area (Å²) in [4.78, 5) is 13.9. The number of halogens is 1. The van der Waals surface area contributed by atoms with Crippen LogP contribution < -0.4 is 5.73 Å². The third kappa shape index (κ3) is 1.60. The molecule has 1 aliphatic heterocycles. The van der Waals surface area contributed by atoms with Crippen molar-refractivity contribution in [1.29, 1.82) is 0 Å². The Bertz CT molecular complexity index is 233. The molecule has 2 N–H and O–H groups in total. The minimum atomic E-state index is -0.763. The highest BCUT2D eigenvalue weighted by Crippen LogP contribution is 2.25. The predicted octanol–water partition coefficient (Wildman–Crippen LogP) is 0.478. The number of alkyl halides is 1. The Hall–Kier alpha value is -0.830. The van der Waals surface area contributed by atoms with Crippen molar-refractivity contribution in [2.45, 2.75) is 17.8 Å². The molecule has 0 bridgehead atoms. The van der Waals surface area contributed by atoms with Crippen molar-refractivity contribution in [3.8, 4) is 0 Å². The van der Waals surface area contributed by atoms with Crippen LogP contribution in [0.1, 0.15) is 6.92 Å². The number of dihydropyridines is 1. The largest absolute Gasteiger partial charge is 0.368 e. The molecule has 0 spiro atoms. The summed E-state index contributed by atoms with van der Waals surface area (Å²) in [6.07, 6.45) is 4.93. The van der Waals surface area contributed by atoms with E-state index in [2.05, 4.69) is 4.99 Å². The monoisotopic (exact) mass is 172 g/mol. The molecule has 60 valence electrons. The van der Waals surface area contributed by atoms with Gasteiger partial charge in [0.2, 0.25) is 5.91 Å². The molecular formula is C7H9ClN2O. The molecule has 2 unspecified atom stereocenters. The molecule has 11 heavy (non-hydrogen) atoms. The van der Waals surface area contributed by atoms with Gasteiger partial charge in [-0.15, -0.1) is 11.6 Å². The molecule has 0 saturated carbocycles. The summed E-state index contributed by atoms with van der Waals surface area (Å²) in [5.74, 6) is -0.497. The molecule has 0 radical (unpaired) electrons. The molecule has 1 rings (SSSR count). The average Bonchev–Trinajstić information content (AvgIpc) is 1.85. The first-order chi connectivity index (χ1) is 5.04. The van der Waals surface area contributed by atoms with Crippen molar-refractivity contribution in [2.75, 3.05) is 0 Å². The second kappa shape index (κ2) is 2.66. The molecular weight excluding hydrogens is 164 g/mol. The second-order valence-electron chi connectivity index (χ2n) is 2.61. The first-order valence-corrected chi connectivity index (χ1v) is 3.61. The van der Waals surface area contributed by atoms with E-state index in [4.69, 9.17) is 17.3 Å². The number of primary amides is 1. The SMILES string of the molecule is CC1(Cl)C=CC=NC1C(N)=O. The Labute approximate surface area is 69.9 Å². The number of carbonyl (C=O) groups is 1. The van der Waals surface area contributed by atoms with E-state index >= 15 is 0 Å². The highest BCUT2D eigenvalue weighted by molar-refractivity contribution is 6.27. The quantitative estimate of drug-likeness (QED) is 0.575. The third-order valence-corrected chi connectivity index (χ3v) is 1.88. The average molecular weight is 173 g/mol. The van der Waals surface area contributed by atoms with Crippen molar-refractivity contribution in [3.63, 3.8) is 0 Å². The highest BCUT2D eigenvalue weighted by Gasteiger charge is 2.34. The maximum atomic E-state index is 10.8. The van der Waals surface area contributed by atoms with Crippen molar-refractivity contribution in [2.24, 2.45) is 10.7 Å². The van der Waals surface area contributed by atoms with Crippen LogP contribution in [0.2, 0.25) is 0 Å². The summed E-state index contributed by atoms with van der Waals surface area (Å²) in [6.45, 7) is 1.71. The molecule has 0 aromatic heterocycles. The highest BCUT2D eigenvalue weighted by atomic mass is 35.5. The standard InChI is InChI=1S/C7H9ClN2O/c1-7(8)3-2-4-10-5(7)6(9)11/h2-5H,1H3,(H2,9,11). The van der Waals surface area contributed by atoms with Gasteiger partial charge in [0, 0.05) is 6.21 Å². The van der Waals surface area contributed by atoms with Crippen molar-refractivity contribution in [1.82, 2.24) is 0 Å². The van der Waals surface area contributed by atoms with Crippen molar-refractivity contribution < 1.29 is 4.79 Å². The molecule has 0 fully saturated rings. The first kappa shape index (κ1) is 8.27. The number of nitrogens with two attached hydrogens (primary N) is 1. The van der Waals surface area contributed by atoms with Crippen LogP contribution in [0.25, 0.3) is 0 Å². The molecule has 1 amide bonds. The van der Waals surface area contributed by atoms with Gasteiger partial charge in [-0.1, -0.05) is 6.08 Å². The Morgan fingerprint density at radius 1 is 1.82 bits per heavy atom. The molecule has 0 aliphatic carbocycles. The van der Waals surface area contributed by atoms with Crippen LogP contribution in [-0.4, -0.2) is 23.0 Å². The Kier molecular flexibility index (Phi) is 2.00. The zero-order valence-corrected chi connectivity index (χ0v) is 6.88. The van der Waals surface area contributed by atoms with Gasteiger partial charge in [-0.3, -0.25) is 9.79 Å². The van der Waals surface area contributed by atoms with Gasteiger partial charge in [0.05, 0.1) is 4.87 Å². The van der Waals surface area contributed by atoms with E-state index in [9.17, 15) is 4.79 Å². The lowest BCUT2D eigenvalue weighted by Gasteiger charge is -2.24. The number of amides is 1. The minimum absolute atomic E-state index is 0.497. The molecule has 3 nitrogen and oxygen atoms in total. The van der Waals surface area contributed by atoms with E-state index in [0.29, 0.717) is 0 Å². The van der Waals surface area contributed by atoms with Crippen LogP contribution in [0.3, 0.4) is 0 Å². The van der Waals surface area contributed by atoms with Gasteiger partial charge in [0.15, 0.2) is 6.04 Å². The van der Waals surface area contributed by atoms with Gasteiger partial charge in [0.25, 0.3) is 0 Å². The maximum absolute atomic E-state index is 10.8. The summed E-state index contributed by atoms with van der Waals surface area (Å²) in [5.41, 5.74) is 5.07. The molecule has 1 aliphatic rings. The lowest BCUT2D eigenvalue weighted by molar-refractivity contribution is -0.119. The van der Waals surface area contributed by atoms with Gasteiger partial charge in [0.1, 0.15) is 0 Å². The van der Waals surface area contributed by atoms with E-state index in [1.54, 1.807) is 19.1 Å². The fourth-order valence-electron chi connectivity index (χ4n) is 0.955. The van der Waals surface area contributed by atoms with Crippen LogP contribution in [-0.2, 0) is 4.79 Å². The number of rotatable bonds is 1. The zero-order valence-electron chi connectivity index (χ0n) is 6.12. The number of allylic oxidation sites excluding steroid dienone is 1. The van der Waals surface area contributed by atoms with Crippen LogP contribution in [0, 0.1) is 0 Å². The summed E-state index contributed by atoms with van der Waals surface area (Å²) in [7, 11) is 0. The van der Waals surface area contributed by atoms with Gasteiger partial charge in [-0.05, 0) is 13.0 Å². The normalized spacial score (nSPS) is 35.6. The van der Waals surface area contributed by atoms with Crippen LogP contribution in [0.15, 0.2) is 17.1 Å². The fraction of sp³-hybridized carbons (Fsp3) is 0.429. The van der Waals surface area contributed by atoms with E-state index < -0.39 is 16.8 Å². The molecule has 1 heterocycles. The number of carbonyl (C=O) groups excluding carboxylic acids is 1. The van der Waals surface area contributed by atoms with Gasteiger partial charge >= 0.3 is 0 Å². The zero-order chi connectivity index (χ0) is 8.48. The predicted molar refractivity (Wildman–Crippen MR) is 44.9 cm³/mol. The summed E-state index contributed by atoms with van der Waals surface area (Å²) in [5, 5.41) is 0. The number of aliphatic imine (C=N–C) groups is 1. The lowest BCUT2D eigenvalue weighted by Crippen LogP contribution is -2.42. The molecule has 4 heteroatoms. The van der Waals surface area contributed by atoms with Crippen molar-refractivity contribution in [3.05, 3.63) is 12.2 Å². The molecule has 0 aromatic carbocycles. The van der Waals surface area contributed by atoms with E-state index in [1.165, 1.54) is 6.21 Å². The minimum Gasteiger partial charge on any atom is -0.368 e. The van der Waals surface area contributed by atoms with E-state index in [-0.39, 0.29) is 0 Å². The lowest BCUT2D eigenvalue weighted by atomic mass is 9.99. The molecule has 0 saturated heterocycles. The Balaban J connectivity index is 2.89. The topological polar surface area (TPSA) is 55.4 Å². The van der Waals surface area contributed by atoms with Gasteiger partial charge < -0.3 is 5.73 Å². The number of hydrogen-bond donors (Lipinski definition) is 1. The number of hydrogen-bond acceptors (Lipinski definition) is 2. The van der Waals surface area contributed by atoms with Crippen molar-refractivity contribution >= 4 is 23.7 Å². The molecule has 2 atom stereocenters. The maximum Gasteiger partial charge on any atom is 0.244 e. The van der Waals surface area contributed by atoms with E-state index in [0.717, 1.165) is 0 Å². The number of nitrogens with zero attached hydrogens (tertiary/aromatic N) is 1. The summed E-state index contributed by atoms with van der Waals surface area (Å²) >= 11 is 5.93. The van der Waals surface area contributed by atoms with Gasteiger partial charge in [-0.2, -0.15) is 0 Å². The Morgan fingerprint density at radius 2 is 2.45 bits per heavy atom. The van der Waals surface area contributed by atoms with Crippen LogP contribution in [0.4, 0.5) is 0 Å². The third-order valence-electron chi connectivity index (χ3n) is 1.55. The Morgan fingerprint density at radius 3 is 2.82 bits per heavy atom. The van der Waals surface area contributed by atoms with Crippen LogP contribution in [0.5, 0.6) is 0 Å². The second-order valence-corrected chi connectivity index (χ2v) is 3.43. The van der Waals surface area contributed by atoms with Crippen LogP contribution >= 0.6 is 11.6 Å². The summed E-state index contributed by atoms with van der Waals surface area (Å²) in [6, 6.07) is -0.644. The molecule has 0 aromatic rings. The first-order valence-electron chi connectivity index (χ1n) is 3.23. The fourth-order valence-corrected chi connectivity index (χ4v) is 1.19. The smallest absolute Gasteiger partial charge is 0.244 e. The summed E-state index contributed by atoms with van der Waals surface area (Å²) < 4.78 is 0.